The molecule has 1 aromatic rings. The molecule has 0 unspecified atom stereocenters. The second-order valence-corrected chi connectivity index (χ2v) is 3.47. The lowest BCUT2D eigenvalue weighted by Crippen LogP contribution is -2.02. The molecule has 0 aromatic heterocycles. The Balaban J connectivity index is 2.21. The van der Waals surface area contributed by atoms with Crippen LogP contribution in [0.1, 0.15) is 32.6 Å². The van der Waals surface area contributed by atoms with Crippen LogP contribution in [0.4, 0.5) is 10.1 Å². The molecule has 0 heterocycles. The van der Waals surface area contributed by atoms with E-state index in [0.29, 0.717) is 5.69 Å². The van der Waals surface area contributed by atoms with Crippen molar-refractivity contribution < 1.29 is 4.39 Å². The van der Waals surface area contributed by atoms with E-state index in [4.69, 9.17) is 0 Å². The number of hydrogen-bond acceptors (Lipinski definition) is 1. The maximum absolute atomic E-state index is 13.1. The number of nitrogens with one attached hydrogen (secondary N) is 1. The Labute approximate surface area is 85.3 Å². The first kappa shape index (κ1) is 11.0. The van der Waals surface area contributed by atoms with Crippen molar-refractivity contribution in [3.8, 4) is 0 Å². The molecule has 0 radical (unpaired) electrons. The van der Waals surface area contributed by atoms with Gasteiger partial charge in [0.1, 0.15) is 5.82 Å². The summed E-state index contributed by atoms with van der Waals surface area (Å²) in [6.07, 6.45) is 4.83. The summed E-state index contributed by atoms with van der Waals surface area (Å²) in [5.74, 6) is -0.164. The average molecular weight is 195 g/mol. The van der Waals surface area contributed by atoms with E-state index in [9.17, 15) is 4.39 Å². The van der Waals surface area contributed by atoms with Crippen LogP contribution in [-0.2, 0) is 0 Å². The summed E-state index contributed by atoms with van der Waals surface area (Å²) < 4.78 is 13.1. The number of para-hydroxylation sites is 1. The summed E-state index contributed by atoms with van der Waals surface area (Å²) in [7, 11) is 0. The van der Waals surface area contributed by atoms with Gasteiger partial charge in [0.15, 0.2) is 0 Å². The molecule has 0 bridgehead atoms. The second kappa shape index (κ2) is 6.41. The second-order valence-electron chi connectivity index (χ2n) is 3.47. The molecule has 0 atom stereocenters. The Kier molecular flexibility index (Phi) is 5.05. The van der Waals surface area contributed by atoms with Gasteiger partial charge in [-0.1, -0.05) is 38.3 Å². The molecule has 1 aromatic carbocycles. The molecule has 1 rings (SSSR count). The van der Waals surface area contributed by atoms with Crippen molar-refractivity contribution in [3.05, 3.63) is 30.1 Å². The standard InChI is InChI=1S/C12H18FN/c1-2-3-4-7-10-14-12-9-6-5-8-11(12)13/h5-6,8-9,14H,2-4,7,10H2,1H3. The van der Waals surface area contributed by atoms with Crippen LogP contribution < -0.4 is 5.32 Å². The number of benzene rings is 1. The van der Waals surface area contributed by atoms with Gasteiger partial charge in [-0.2, -0.15) is 0 Å². The molecule has 1 N–H and O–H groups in total. The highest BCUT2D eigenvalue weighted by Gasteiger charge is 1.97. The first-order valence-electron chi connectivity index (χ1n) is 5.33. The minimum absolute atomic E-state index is 0.164. The van der Waals surface area contributed by atoms with E-state index in [2.05, 4.69) is 12.2 Å². The molecule has 2 heteroatoms. The van der Waals surface area contributed by atoms with Gasteiger partial charge >= 0.3 is 0 Å². The Morgan fingerprint density at radius 3 is 2.64 bits per heavy atom. The molecular weight excluding hydrogens is 177 g/mol. The minimum atomic E-state index is -0.164. The van der Waals surface area contributed by atoms with Gasteiger partial charge in [-0.25, -0.2) is 4.39 Å². The van der Waals surface area contributed by atoms with Gasteiger partial charge in [0.2, 0.25) is 0 Å². The summed E-state index contributed by atoms with van der Waals surface area (Å²) in [5.41, 5.74) is 0.615. The van der Waals surface area contributed by atoms with Crippen LogP contribution in [0.2, 0.25) is 0 Å². The van der Waals surface area contributed by atoms with Gasteiger partial charge in [-0.3, -0.25) is 0 Å². The smallest absolute Gasteiger partial charge is 0.146 e. The van der Waals surface area contributed by atoms with Crippen molar-refractivity contribution in [1.29, 1.82) is 0 Å². The molecule has 0 aliphatic rings. The highest BCUT2D eigenvalue weighted by atomic mass is 19.1. The average Bonchev–Trinajstić information content (AvgIpc) is 2.20. The van der Waals surface area contributed by atoms with E-state index in [1.54, 1.807) is 12.1 Å². The Morgan fingerprint density at radius 2 is 1.93 bits per heavy atom. The molecule has 14 heavy (non-hydrogen) atoms. The van der Waals surface area contributed by atoms with Gasteiger partial charge in [-0.15, -0.1) is 0 Å². The number of halogens is 1. The first-order valence-corrected chi connectivity index (χ1v) is 5.33. The lowest BCUT2D eigenvalue weighted by Gasteiger charge is -2.06. The maximum atomic E-state index is 13.1. The zero-order valence-corrected chi connectivity index (χ0v) is 8.72. The summed E-state index contributed by atoms with van der Waals surface area (Å²) in [6.45, 7) is 3.05. The highest BCUT2D eigenvalue weighted by molar-refractivity contribution is 5.44. The van der Waals surface area contributed by atoms with Crippen LogP contribution in [0.5, 0.6) is 0 Å². The van der Waals surface area contributed by atoms with Crippen molar-refractivity contribution in [2.45, 2.75) is 32.6 Å². The molecule has 0 amide bonds. The van der Waals surface area contributed by atoms with Crippen molar-refractivity contribution in [2.24, 2.45) is 0 Å². The van der Waals surface area contributed by atoms with Gasteiger partial charge < -0.3 is 5.32 Å². The van der Waals surface area contributed by atoms with Gasteiger partial charge in [0.25, 0.3) is 0 Å². The van der Waals surface area contributed by atoms with Crippen LogP contribution in [0.25, 0.3) is 0 Å². The van der Waals surface area contributed by atoms with Crippen molar-refractivity contribution in [1.82, 2.24) is 0 Å². The first-order chi connectivity index (χ1) is 6.84. The normalized spacial score (nSPS) is 10.1. The quantitative estimate of drug-likeness (QED) is 0.680. The van der Waals surface area contributed by atoms with E-state index in [0.717, 1.165) is 13.0 Å². The van der Waals surface area contributed by atoms with Gasteiger partial charge in [-0.05, 0) is 18.6 Å². The van der Waals surface area contributed by atoms with Crippen molar-refractivity contribution >= 4 is 5.69 Å². The molecule has 0 fully saturated rings. The van der Waals surface area contributed by atoms with Gasteiger partial charge in [0.05, 0.1) is 5.69 Å². The fourth-order valence-corrected chi connectivity index (χ4v) is 1.38. The fourth-order valence-electron chi connectivity index (χ4n) is 1.38. The number of hydrogen-bond donors (Lipinski definition) is 1. The van der Waals surface area contributed by atoms with Crippen LogP contribution in [0, 0.1) is 5.82 Å². The molecule has 0 aliphatic heterocycles. The molecule has 0 saturated heterocycles. The predicted molar refractivity (Wildman–Crippen MR) is 59.0 cm³/mol. The number of anilines is 1. The SMILES string of the molecule is CCCCCCNc1ccccc1F. The lowest BCUT2D eigenvalue weighted by atomic mass is 10.2. The molecule has 0 spiro atoms. The predicted octanol–water partition coefficient (Wildman–Crippen LogP) is 3.82. The Bertz CT molecular complexity index is 260. The largest absolute Gasteiger partial charge is 0.383 e. The highest BCUT2D eigenvalue weighted by Crippen LogP contribution is 2.12. The molecule has 78 valence electrons. The fraction of sp³-hybridized carbons (Fsp3) is 0.500. The molecule has 1 nitrogen and oxygen atoms in total. The summed E-state index contributed by atoms with van der Waals surface area (Å²) in [6, 6.07) is 6.80. The zero-order chi connectivity index (χ0) is 10.2. The third kappa shape index (κ3) is 3.77. The zero-order valence-electron chi connectivity index (χ0n) is 8.72. The summed E-state index contributed by atoms with van der Waals surface area (Å²) in [5, 5.41) is 3.10. The molecule has 0 saturated carbocycles. The van der Waals surface area contributed by atoms with Gasteiger partial charge in [0, 0.05) is 6.54 Å². The van der Waals surface area contributed by atoms with E-state index < -0.39 is 0 Å². The topological polar surface area (TPSA) is 12.0 Å². The van der Waals surface area contributed by atoms with E-state index in [1.807, 2.05) is 6.07 Å². The summed E-state index contributed by atoms with van der Waals surface area (Å²) >= 11 is 0. The summed E-state index contributed by atoms with van der Waals surface area (Å²) in [4.78, 5) is 0. The van der Waals surface area contributed by atoms with Crippen LogP contribution in [-0.4, -0.2) is 6.54 Å². The van der Waals surface area contributed by atoms with E-state index in [-0.39, 0.29) is 5.82 Å². The van der Waals surface area contributed by atoms with Crippen molar-refractivity contribution in [2.75, 3.05) is 11.9 Å². The van der Waals surface area contributed by atoms with E-state index in [1.165, 1.54) is 25.3 Å². The van der Waals surface area contributed by atoms with Crippen LogP contribution >= 0.6 is 0 Å². The van der Waals surface area contributed by atoms with E-state index >= 15 is 0 Å². The maximum Gasteiger partial charge on any atom is 0.146 e. The number of unbranched alkanes of at least 4 members (excludes halogenated alkanes) is 3. The Hall–Kier alpha value is -1.05. The van der Waals surface area contributed by atoms with Crippen molar-refractivity contribution in [3.63, 3.8) is 0 Å². The lowest BCUT2D eigenvalue weighted by molar-refractivity contribution is 0.627. The van der Waals surface area contributed by atoms with Crippen LogP contribution in [0.15, 0.2) is 24.3 Å². The number of rotatable bonds is 6. The minimum Gasteiger partial charge on any atom is -0.383 e. The van der Waals surface area contributed by atoms with Crippen LogP contribution in [0.3, 0.4) is 0 Å². The third-order valence-electron chi connectivity index (χ3n) is 2.22. The molecule has 0 aliphatic carbocycles. The third-order valence-corrected chi connectivity index (χ3v) is 2.22. The Morgan fingerprint density at radius 1 is 1.14 bits per heavy atom. The monoisotopic (exact) mass is 195 g/mol. The molecular formula is C12H18FN.